The lowest BCUT2D eigenvalue weighted by molar-refractivity contribution is 0.579. The van der Waals surface area contributed by atoms with E-state index in [1.807, 2.05) is 19.9 Å². The first-order chi connectivity index (χ1) is 10.0. The molecule has 0 aliphatic rings. The maximum atomic E-state index is 12.3. The molecule has 1 aromatic heterocycles. The van der Waals surface area contributed by atoms with Crippen molar-refractivity contribution in [3.05, 3.63) is 46.4 Å². The molecule has 2 aromatic rings. The summed E-state index contributed by atoms with van der Waals surface area (Å²) < 4.78 is 27.2. The van der Waals surface area contributed by atoms with Gasteiger partial charge < -0.3 is 5.32 Å². The van der Waals surface area contributed by atoms with Crippen molar-refractivity contribution >= 4 is 21.4 Å². The Morgan fingerprint density at radius 1 is 1.38 bits per heavy atom. The Labute approximate surface area is 129 Å². The molecule has 1 atom stereocenters. The summed E-state index contributed by atoms with van der Waals surface area (Å²) in [6.07, 6.45) is 1.66. The molecule has 0 fully saturated rings. The third-order valence-corrected chi connectivity index (χ3v) is 5.28. The number of benzene rings is 1. The highest BCUT2D eigenvalue weighted by molar-refractivity contribution is 7.89. The Balaban J connectivity index is 2.14. The molecule has 0 amide bonds. The van der Waals surface area contributed by atoms with Gasteiger partial charge in [-0.15, -0.1) is 11.3 Å². The zero-order chi connectivity index (χ0) is 15.3. The van der Waals surface area contributed by atoms with Crippen LogP contribution in [-0.4, -0.2) is 19.9 Å². The van der Waals surface area contributed by atoms with Crippen LogP contribution in [0.1, 0.15) is 30.3 Å². The summed E-state index contributed by atoms with van der Waals surface area (Å²) in [5.41, 5.74) is 2.64. The molecule has 114 valence electrons. The van der Waals surface area contributed by atoms with Crippen LogP contribution in [0.15, 0.2) is 40.9 Å². The predicted octanol–water partition coefficient (Wildman–Crippen LogP) is 2.29. The number of nitrogens with zero attached hydrogens (tertiary/aromatic N) is 1. The van der Waals surface area contributed by atoms with E-state index in [0.29, 0.717) is 0 Å². The maximum absolute atomic E-state index is 12.3. The summed E-state index contributed by atoms with van der Waals surface area (Å²) in [5, 5.41) is 3.27. The van der Waals surface area contributed by atoms with Crippen LogP contribution in [0.3, 0.4) is 0 Å². The van der Waals surface area contributed by atoms with Crippen LogP contribution in [0.4, 0.5) is 0 Å². The van der Waals surface area contributed by atoms with Crippen molar-refractivity contribution in [3.8, 4) is 0 Å². The summed E-state index contributed by atoms with van der Waals surface area (Å²) >= 11 is 1.43. The van der Waals surface area contributed by atoms with E-state index in [0.717, 1.165) is 17.0 Å². The van der Waals surface area contributed by atoms with Gasteiger partial charge in [0, 0.05) is 23.7 Å². The van der Waals surface area contributed by atoms with Crippen LogP contribution in [-0.2, 0) is 16.6 Å². The Morgan fingerprint density at radius 2 is 2.19 bits per heavy atom. The lowest BCUT2D eigenvalue weighted by Crippen LogP contribution is -2.23. The van der Waals surface area contributed by atoms with E-state index < -0.39 is 10.0 Å². The van der Waals surface area contributed by atoms with Gasteiger partial charge >= 0.3 is 0 Å². The van der Waals surface area contributed by atoms with Gasteiger partial charge in [0.25, 0.3) is 0 Å². The fourth-order valence-electron chi connectivity index (χ4n) is 1.95. The summed E-state index contributed by atoms with van der Waals surface area (Å²) in [6.45, 7) is 5.13. The van der Waals surface area contributed by atoms with Crippen molar-refractivity contribution in [2.45, 2.75) is 31.3 Å². The molecule has 0 radical (unpaired) electrons. The molecule has 0 saturated carbocycles. The van der Waals surface area contributed by atoms with E-state index in [9.17, 15) is 8.42 Å². The number of aromatic nitrogens is 1. The van der Waals surface area contributed by atoms with Crippen LogP contribution >= 0.6 is 11.3 Å². The van der Waals surface area contributed by atoms with E-state index in [2.05, 4.69) is 15.0 Å². The second kappa shape index (κ2) is 7.13. The minimum atomic E-state index is -3.51. The second-order valence-electron chi connectivity index (χ2n) is 4.64. The fraction of sp³-hybridized carbons (Fsp3) is 0.357. The first-order valence-electron chi connectivity index (χ1n) is 6.73. The number of rotatable bonds is 7. The SMILES string of the molecule is CCNC(C)c1cccc(S(=O)(=O)NCc2cncs2)c1. The van der Waals surface area contributed by atoms with Gasteiger partial charge in [0.15, 0.2) is 0 Å². The molecule has 0 spiro atoms. The van der Waals surface area contributed by atoms with E-state index in [-0.39, 0.29) is 17.5 Å². The zero-order valence-electron chi connectivity index (χ0n) is 12.0. The number of sulfonamides is 1. The van der Waals surface area contributed by atoms with Crippen LogP contribution in [0.2, 0.25) is 0 Å². The van der Waals surface area contributed by atoms with Crippen molar-refractivity contribution in [2.75, 3.05) is 6.54 Å². The smallest absolute Gasteiger partial charge is 0.240 e. The topological polar surface area (TPSA) is 71.1 Å². The largest absolute Gasteiger partial charge is 0.310 e. The molecule has 2 N–H and O–H groups in total. The van der Waals surface area contributed by atoms with Gasteiger partial charge in [-0.3, -0.25) is 4.98 Å². The average molecular weight is 325 g/mol. The minimum Gasteiger partial charge on any atom is -0.310 e. The second-order valence-corrected chi connectivity index (χ2v) is 7.38. The van der Waals surface area contributed by atoms with Gasteiger partial charge in [-0.2, -0.15) is 0 Å². The van der Waals surface area contributed by atoms with Crippen LogP contribution < -0.4 is 10.0 Å². The molecule has 21 heavy (non-hydrogen) atoms. The number of hydrogen-bond donors (Lipinski definition) is 2. The Morgan fingerprint density at radius 3 is 2.86 bits per heavy atom. The Kier molecular flexibility index (Phi) is 5.46. The fourth-order valence-corrected chi connectivity index (χ4v) is 3.64. The quantitative estimate of drug-likeness (QED) is 0.819. The molecular formula is C14H19N3O2S2. The molecule has 2 rings (SSSR count). The van der Waals surface area contributed by atoms with Crippen molar-refractivity contribution < 1.29 is 8.42 Å². The van der Waals surface area contributed by atoms with E-state index in [4.69, 9.17) is 0 Å². The first kappa shape index (κ1) is 16.1. The minimum absolute atomic E-state index is 0.117. The molecule has 1 aromatic carbocycles. The first-order valence-corrected chi connectivity index (χ1v) is 9.09. The average Bonchev–Trinajstić information content (AvgIpc) is 2.99. The molecule has 0 saturated heterocycles. The molecule has 0 bridgehead atoms. The van der Waals surface area contributed by atoms with Crippen molar-refractivity contribution in [3.63, 3.8) is 0 Å². The third kappa shape index (κ3) is 4.34. The van der Waals surface area contributed by atoms with Gasteiger partial charge in [-0.25, -0.2) is 13.1 Å². The lowest BCUT2D eigenvalue weighted by Gasteiger charge is -2.14. The van der Waals surface area contributed by atoms with Gasteiger partial charge in [-0.1, -0.05) is 19.1 Å². The van der Waals surface area contributed by atoms with Crippen LogP contribution in [0.5, 0.6) is 0 Å². The normalized spacial score (nSPS) is 13.2. The summed E-state index contributed by atoms with van der Waals surface area (Å²) in [6, 6.07) is 7.13. The molecule has 5 nitrogen and oxygen atoms in total. The Bertz CT molecular complexity index is 669. The van der Waals surface area contributed by atoms with Crippen LogP contribution in [0, 0.1) is 0 Å². The molecule has 0 aliphatic heterocycles. The number of thiazole rings is 1. The van der Waals surface area contributed by atoms with Crippen molar-refractivity contribution in [1.29, 1.82) is 0 Å². The van der Waals surface area contributed by atoms with E-state index in [1.165, 1.54) is 11.3 Å². The number of hydrogen-bond acceptors (Lipinski definition) is 5. The highest BCUT2D eigenvalue weighted by Gasteiger charge is 2.15. The van der Waals surface area contributed by atoms with Gasteiger partial charge in [0.2, 0.25) is 10.0 Å². The highest BCUT2D eigenvalue weighted by atomic mass is 32.2. The molecule has 0 aliphatic carbocycles. The van der Waals surface area contributed by atoms with Crippen molar-refractivity contribution in [2.24, 2.45) is 0 Å². The summed E-state index contributed by atoms with van der Waals surface area (Å²) in [5.74, 6) is 0. The zero-order valence-corrected chi connectivity index (χ0v) is 13.7. The maximum Gasteiger partial charge on any atom is 0.240 e. The van der Waals surface area contributed by atoms with Crippen LogP contribution in [0.25, 0.3) is 0 Å². The van der Waals surface area contributed by atoms with Gasteiger partial charge in [-0.05, 0) is 31.2 Å². The molecule has 1 heterocycles. The molecular weight excluding hydrogens is 306 g/mol. The van der Waals surface area contributed by atoms with E-state index >= 15 is 0 Å². The lowest BCUT2D eigenvalue weighted by atomic mass is 10.1. The highest BCUT2D eigenvalue weighted by Crippen LogP contribution is 2.18. The van der Waals surface area contributed by atoms with Gasteiger partial charge in [0.05, 0.1) is 10.4 Å². The van der Waals surface area contributed by atoms with Gasteiger partial charge in [0.1, 0.15) is 0 Å². The third-order valence-electron chi connectivity index (χ3n) is 3.10. The molecule has 1 unspecified atom stereocenters. The summed E-state index contributed by atoms with van der Waals surface area (Å²) in [4.78, 5) is 5.10. The van der Waals surface area contributed by atoms with Crippen molar-refractivity contribution in [1.82, 2.24) is 15.0 Å². The summed E-state index contributed by atoms with van der Waals surface area (Å²) in [7, 11) is -3.51. The number of nitrogens with one attached hydrogen (secondary N) is 2. The predicted molar refractivity (Wildman–Crippen MR) is 84.7 cm³/mol. The molecule has 7 heteroatoms. The monoisotopic (exact) mass is 325 g/mol. The van der Waals surface area contributed by atoms with E-state index in [1.54, 1.807) is 29.9 Å². The standard InChI is InChI=1S/C14H19N3O2S2/c1-3-16-11(2)12-5-4-6-14(7-12)21(18,19)17-9-13-8-15-10-20-13/h4-8,10-11,16-17H,3,9H2,1-2H3. The Hall–Kier alpha value is -1.28.